The van der Waals surface area contributed by atoms with Crippen molar-refractivity contribution in [3.05, 3.63) is 71.4 Å². The van der Waals surface area contributed by atoms with Gasteiger partial charge in [0.05, 0.1) is 11.1 Å². The summed E-state index contributed by atoms with van der Waals surface area (Å²) in [5, 5.41) is 13.1. The maximum Gasteiger partial charge on any atom is 0.252 e. The van der Waals surface area contributed by atoms with E-state index in [0.717, 1.165) is 31.6 Å². The Labute approximate surface area is 165 Å². The number of hydrogen-bond donors (Lipinski definition) is 2. The lowest BCUT2D eigenvalue weighted by molar-refractivity contribution is 0.0935. The third-order valence-corrected chi connectivity index (χ3v) is 5.63. The SMILES string of the molecule is CC1(CNC(=O)c2cccc3[nH]cc(C#N)c23)CCN(Cc2ccccc2)C1. The number of rotatable bonds is 5. The Kier molecular flexibility index (Phi) is 4.89. The van der Waals surface area contributed by atoms with Crippen molar-refractivity contribution < 1.29 is 4.79 Å². The molecule has 5 heteroatoms. The van der Waals surface area contributed by atoms with E-state index >= 15 is 0 Å². The summed E-state index contributed by atoms with van der Waals surface area (Å²) in [6, 6.07) is 18.2. The highest BCUT2D eigenvalue weighted by Crippen LogP contribution is 2.30. The molecule has 3 aromatic rings. The van der Waals surface area contributed by atoms with Gasteiger partial charge >= 0.3 is 0 Å². The molecule has 2 heterocycles. The standard InChI is InChI=1S/C23H24N4O/c1-23(10-11-27(16-23)14-17-6-3-2-4-7-17)15-26-22(28)19-8-5-9-20-21(19)18(12-24)13-25-20/h2-9,13,25H,10-11,14-16H2,1H3,(H,26,28). The highest BCUT2D eigenvalue weighted by atomic mass is 16.1. The molecule has 1 unspecified atom stereocenters. The highest BCUT2D eigenvalue weighted by molar-refractivity contribution is 6.08. The van der Waals surface area contributed by atoms with Gasteiger partial charge in [0.2, 0.25) is 0 Å². The number of nitriles is 1. The Balaban J connectivity index is 1.41. The Morgan fingerprint density at radius 1 is 1.25 bits per heavy atom. The predicted molar refractivity (Wildman–Crippen MR) is 110 cm³/mol. The molecule has 5 nitrogen and oxygen atoms in total. The number of nitrogens with one attached hydrogen (secondary N) is 2. The molecule has 1 atom stereocenters. The van der Waals surface area contributed by atoms with Gasteiger partial charge in [-0.3, -0.25) is 9.69 Å². The van der Waals surface area contributed by atoms with Crippen LogP contribution in [0.5, 0.6) is 0 Å². The molecule has 0 radical (unpaired) electrons. The third kappa shape index (κ3) is 3.64. The van der Waals surface area contributed by atoms with Crippen molar-refractivity contribution >= 4 is 16.8 Å². The summed E-state index contributed by atoms with van der Waals surface area (Å²) in [6.45, 7) is 5.79. The fraction of sp³-hybridized carbons (Fsp3) is 0.304. The summed E-state index contributed by atoms with van der Waals surface area (Å²) in [4.78, 5) is 18.4. The van der Waals surface area contributed by atoms with Gasteiger partial charge in [-0.15, -0.1) is 0 Å². The van der Waals surface area contributed by atoms with E-state index in [1.165, 1.54) is 5.56 Å². The lowest BCUT2D eigenvalue weighted by atomic mass is 9.89. The van der Waals surface area contributed by atoms with Gasteiger partial charge in [-0.05, 0) is 36.1 Å². The smallest absolute Gasteiger partial charge is 0.252 e. The van der Waals surface area contributed by atoms with Gasteiger partial charge in [0.25, 0.3) is 5.91 Å². The van der Waals surface area contributed by atoms with Crippen LogP contribution in [0.3, 0.4) is 0 Å². The number of aromatic amines is 1. The van der Waals surface area contributed by atoms with Crippen LogP contribution in [-0.4, -0.2) is 35.4 Å². The molecule has 2 aromatic carbocycles. The molecule has 0 aliphatic carbocycles. The first kappa shape index (κ1) is 18.3. The second-order valence-electron chi connectivity index (χ2n) is 7.98. The van der Waals surface area contributed by atoms with Gasteiger partial charge in [0, 0.05) is 36.7 Å². The topological polar surface area (TPSA) is 71.9 Å². The van der Waals surface area contributed by atoms with E-state index < -0.39 is 0 Å². The van der Waals surface area contributed by atoms with Crippen molar-refractivity contribution in [3.63, 3.8) is 0 Å². The van der Waals surface area contributed by atoms with E-state index in [1.807, 2.05) is 18.2 Å². The summed E-state index contributed by atoms with van der Waals surface area (Å²) in [6.07, 6.45) is 2.71. The van der Waals surface area contributed by atoms with Crippen molar-refractivity contribution in [2.45, 2.75) is 19.9 Å². The van der Waals surface area contributed by atoms with Crippen LogP contribution in [0.1, 0.15) is 34.8 Å². The fourth-order valence-electron chi connectivity index (χ4n) is 4.10. The highest BCUT2D eigenvalue weighted by Gasteiger charge is 2.34. The number of benzene rings is 2. The summed E-state index contributed by atoms with van der Waals surface area (Å²) >= 11 is 0. The number of nitrogens with zero attached hydrogens (tertiary/aromatic N) is 2. The van der Waals surface area contributed by atoms with Crippen LogP contribution in [0.15, 0.2) is 54.7 Å². The van der Waals surface area contributed by atoms with E-state index in [4.69, 9.17) is 0 Å². The van der Waals surface area contributed by atoms with E-state index in [-0.39, 0.29) is 11.3 Å². The maximum atomic E-state index is 12.8. The number of aromatic nitrogens is 1. The Bertz CT molecular complexity index is 1030. The summed E-state index contributed by atoms with van der Waals surface area (Å²) in [5.74, 6) is -0.121. The van der Waals surface area contributed by atoms with Crippen LogP contribution in [-0.2, 0) is 6.54 Å². The Morgan fingerprint density at radius 3 is 2.86 bits per heavy atom. The molecule has 0 bridgehead atoms. The van der Waals surface area contributed by atoms with E-state index in [1.54, 1.807) is 12.3 Å². The fourth-order valence-corrected chi connectivity index (χ4v) is 4.10. The monoisotopic (exact) mass is 372 g/mol. The zero-order valence-electron chi connectivity index (χ0n) is 16.0. The van der Waals surface area contributed by atoms with Crippen molar-refractivity contribution in [1.29, 1.82) is 5.26 Å². The lowest BCUT2D eigenvalue weighted by Crippen LogP contribution is -2.37. The molecule has 0 spiro atoms. The minimum atomic E-state index is -0.121. The summed E-state index contributed by atoms with van der Waals surface area (Å²) in [7, 11) is 0. The molecule has 1 fully saturated rings. The number of hydrogen-bond acceptors (Lipinski definition) is 3. The molecule has 142 valence electrons. The first-order valence-electron chi connectivity index (χ1n) is 9.63. The lowest BCUT2D eigenvalue weighted by Gasteiger charge is -2.25. The van der Waals surface area contributed by atoms with Crippen LogP contribution < -0.4 is 5.32 Å². The van der Waals surface area contributed by atoms with E-state index in [0.29, 0.717) is 23.1 Å². The molecule has 2 N–H and O–H groups in total. The molecule has 1 aromatic heterocycles. The Morgan fingerprint density at radius 2 is 2.07 bits per heavy atom. The molecule has 1 aliphatic heterocycles. The van der Waals surface area contributed by atoms with Crippen molar-refractivity contribution in [2.24, 2.45) is 5.41 Å². The summed E-state index contributed by atoms with van der Waals surface area (Å²) < 4.78 is 0. The molecule has 1 saturated heterocycles. The number of carbonyl (C=O) groups excluding carboxylic acids is 1. The average Bonchev–Trinajstić information content (AvgIpc) is 3.30. The van der Waals surface area contributed by atoms with Gasteiger partial charge in [-0.25, -0.2) is 0 Å². The van der Waals surface area contributed by atoms with E-state index in [9.17, 15) is 10.1 Å². The van der Waals surface area contributed by atoms with Crippen molar-refractivity contribution in [3.8, 4) is 6.07 Å². The summed E-state index contributed by atoms with van der Waals surface area (Å²) in [5.41, 5.74) is 3.23. The predicted octanol–water partition coefficient (Wildman–Crippen LogP) is 3.68. The molecule has 1 aliphatic rings. The van der Waals surface area contributed by atoms with Crippen LogP contribution in [0.25, 0.3) is 10.9 Å². The normalized spacial score (nSPS) is 19.6. The first-order chi connectivity index (χ1) is 13.6. The second kappa shape index (κ2) is 7.49. The van der Waals surface area contributed by atoms with E-state index in [2.05, 4.69) is 52.5 Å². The van der Waals surface area contributed by atoms with Gasteiger partial charge in [-0.1, -0.05) is 43.3 Å². The average molecular weight is 372 g/mol. The minimum Gasteiger partial charge on any atom is -0.360 e. The largest absolute Gasteiger partial charge is 0.360 e. The van der Waals surface area contributed by atoms with Crippen LogP contribution in [0.4, 0.5) is 0 Å². The molecule has 1 amide bonds. The first-order valence-corrected chi connectivity index (χ1v) is 9.63. The van der Waals surface area contributed by atoms with Crippen LogP contribution >= 0.6 is 0 Å². The van der Waals surface area contributed by atoms with Crippen molar-refractivity contribution in [2.75, 3.05) is 19.6 Å². The number of likely N-dealkylation sites (tertiary alicyclic amines) is 1. The zero-order chi connectivity index (χ0) is 19.6. The molecule has 0 saturated carbocycles. The van der Waals surface area contributed by atoms with Crippen LogP contribution in [0, 0.1) is 16.7 Å². The number of carbonyl (C=O) groups is 1. The number of fused-ring (bicyclic) bond motifs is 1. The maximum absolute atomic E-state index is 12.8. The quantitative estimate of drug-likeness (QED) is 0.718. The van der Waals surface area contributed by atoms with Crippen LogP contribution in [0.2, 0.25) is 0 Å². The molecule has 4 rings (SSSR count). The zero-order valence-corrected chi connectivity index (χ0v) is 16.0. The van der Waals surface area contributed by atoms with Gasteiger partial charge < -0.3 is 10.3 Å². The third-order valence-electron chi connectivity index (χ3n) is 5.63. The van der Waals surface area contributed by atoms with Crippen molar-refractivity contribution in [1.82, 2.24) is 15.2 Å². The van der Waals surface area contributed by atoms with Gasteiger partial charge in [0.1, 0.15) is 6.07 Å². The van der Waals surface area contributed by atoms with Gasteiger partial charge in [0.15, 0.2) is 0 Å². The second-order valence-corrected chi connectivity index (χ2v) is 7.98. The molecular formula is C23H24N4O. The number of amides is 1. The molecule has 28 heavy (non-hydrogen) atoms. The molecular weight excluding hydrogens is 348 g/mol. The Hall–Kier alpha value is -3.10. The van der Waals surface area contributed by atoms with Gasteiger partial charge in [-0.2, -0.15) is 5.26 Å². The number of H-pyrrole nitrogens is 1. The minimum absolute atomic E-state index is 0.0501.